The lowest BCUT2D eigenvalue weighted by molar-refractivity contribution is 0.0230. The largest absolute Gasteiger partial charge is 0.370 e. The quantitative estimate of drug-likeness (QED) is 0.815. The summed E-state index contributed by atoms with van der Waals surface area (Å²) in [6.45, 7) is 8.51. The molecule has 0 aliphatic heterocycles. The van der Waals surface area contributed by atoms with Crippen LogP contribution in [0.2, 0.25) is 0 Å². The van der Waals surface area contributed by atoms with E-state index >= 15 is 0 Å². The number of aryl methyl sites for hydroxylation is 1. The first-order chi connectivity index (χ1) is 7.04. The molecule has 0 radical (unpaired) electrons. The van der Waals surface area contributed by atoms with E-state index in [1.165, 1.54) is 0 Å². The van der Waals surface area contributed by atoms with E-state index < -0.39 is 0 Å². The van der Waals surface area contributed by atoms with Crippen molar-refractivity contribution in [2.45, 2.75) is 33.8 Å². The summed E-state index contributed by atoms with van der Waals surface area (Å²) in [4.78, 5) is 12.3. The summed E-state index contributed by atoms with van der Waals surface area (Å²) >= 11 is 0. The van der Waals surface area contributed by atoms with Crippen molar-refractivity contribution in [3.63, 3.8) is 0 Å². The Balaban J connectivity index is 2.99. The molecule has 0 aliphatic carbocycles. The molecule has 0 bridgehead atoms. The Morgan fingerprint density at radius 1 is 1.27 bits per heavy atom. The Morgan fingerprint density at radius 3 is 2.40 bits per heavy atom. The monoisotopic (exact) mass is 210 g/mol. The zero-order valence-corrected chi connectivity index (χ0v) is 9.69. The molecule has 5 nitrogen and oxygen atoms in total. The number of hydrogen-bond donors (Lipinski definition) is 1. The Labute approximate surface area is 90.1 Å². The minimum absolute atomic E-state index is 0.112. The third kappa shape index (κ3) is 3.13. The molecule has 0 aliphatic rings. The van der Waals surface area contributed by atoms with Crippen LogP contribution < -0.4 is 5.73 Å². The van der Waals surface area contributed by atoms with Crippen LogP contribution in [0.3, 0.4) is 0 Å². The van der Waals surface area contributed by atoms with Crippen LogP contribution >= 0.6 is 0 Å². The van der Waals surface area contributed by atoms with E-state index in [0.717, 1.165) is 0 Å². The topological polar surface area (TPSA) is 73.9 Å². The molecular weight excluding hydrogens is 192 g/mol. The first-order valence-corrected chi connectivity index (χ1v) is 5.14. The van der Waals surface area contributed by atoms with Gasteiger partial charge in [-0.2, -0.15) is 9.97 Å². The van der Waals surface area contributed by atoms with Crippen LogP contribution in [0.15, 0.2) is 0 Å². The average Bonchev–Trinajstić information content (AvgIpc) is 2.11. The van der Waals surface area contributed by atoms with Crippen molar-refractivity contribution < 1.29 is 4.74 Å². The van der Waals surface area contributed by atoms with Gasteiger partial charge in [0.25, 0.3) is 0 Å². The van der Waals surface area contributed by atoms with Gasteiger partial charge in [0.15, 0.2) is 5.82 Å². The van der Waals surface area contributed by atoms with Crippen LogP contribution in [0.4, 0.5) is 5.95 Å². The highest BCUT2D eigenvalue weighted by atomic mass is 16.5. The van der Waals surface area contributed by atoms with E-state index in [1.807, 2.05) is 6.92 Å². The SMILES string of the molecule is CCOC(c1nc(C)nc(N)n1)C(C)C. The first kappa shape index (κ1) is 11.8. The Hall–Kier alpha value is -1.23. The van der Waals surface area contributed by atoms with Gasteiger partial charge in [0.05, 0.1) is 0 Å². The van der Waals surface area contributed by atoms with Crippen LogP contribution in [0.1, 0.15) is 38.5 Å². The molecule has 1 rings (SSSR count). The van der Waals surface area contributed by atoms with Gasteiger partial charge in [-0.3, -0.25) is 0 Å². The van der Waals surface area contributed by atoms with Gasteiger partial charge in [0, 0.05) is 6.61 Å². The number of ether oxygens (including phenoxy) is 1. The predicted octanol–water partition coefficient (Wildman–Crippen LogP) is 1.50. The highest BCUT2D eigenvalue weighted by Gasteiger charge is 2.19. The third-order valence-electron chi connectivity index (χ3n) is 1.99. The van der Waals surface area contributed by atoms with Crippen LogP contribution in [0.25, 0.3) is 0 Å². The lowest BCUT2D eigenvalue weighted by Gasteiger charge is -2.19. The van der Waals surface area contributed by atoms with Gasteiger partial charge in [0.2, 0.25) is 5.95 Å². The van der Waals surface area contributed by atoms with Gasteiger partial charge < -0.3 is 10.5 Å². The Bertz CT molecular complexity index is 307. The van der Waals surface area contributed by atoms with Crippen molar-refractivity contribution in [2.75, 3.05) is 12.3 Å². The predicted molar refractivity (Wildman–Crippen MR) is 58.2 cm³/mol. The summed E-state index contributed by atoms with van der Waals surface area (Å²) in [5, 5.41) is 0. The molecule has 1 unspecified atom stereocenters. The van der Waals surface area contributed by atoms with Crippen LogP contribution in [-0.2, 0) is 4.74 Å². The van der Waals surface area contributed by atoms with E-state index in [2.05, 4.69) is 28.8 Å². The maximum atomic E-state index is 5.59. The van der Waals surface area contributed by atoms with Crippen molar-refractivity contribution in [1.82, 2.24) is 15.0 Å². The number of nitrogens with two attached hydrogens (primary N) is 1. The van der Waals surface area contributed by atoms with Crippen molar-refractivity contribution in [3.05, 3.63) is 11.6 Å². The lowest BCUT2D eigenvalue weighted by atomic mass is 10.1. The average molecular weight is 210 g/mol. The summed E-state index contributed by atoms with van der Waals surface area (Å²) in [6.07, 6.45) is -0.112. The number of aromatic nitrogens is 3. The number of hydrogen-bond acceptors (Lipinski definition) is 5. The molecule has 0 saturated heterocycles. The maximum Gasteiger partial charge on any atom is 0.223 e. The highest BCUT2D eigenvalue weighted by Crippen LogP contribution is 2.22. The number of rotatable bonds is 4. The zero-order valence-electron chi connectivity index (χ0n) is 9.69. The molecule has 2 N–H and O–H groups in total. The van der Waals surface area contributed by atoms with Gasteiger partial charge in [-0.15, -0.1) is 0 Å². The van der Waals surface area contributed by atoms with Crippen LogP contribution in [-0.4, -0.2) is 21.6 Å². The van der Waals surface area contributed by atoms with Crippen LogP contribution in [0.5, 0.6) is 0 Å². The fraction of sp³-hybridized carbons (Fsp3) is 0.700. The van der Waals surface area contributed by atoms with E-state index in [9.17, 15) is 0 Å². The highest BCUT2D eigenvalue weighted by molar-refractivity contribution is 5.16. The Kier molecular flexibility index (Phi) is 3.96. The Morgan fingerprint density at radius 2 is 1.93 bits per heavy atom. The third-order valence-corrected chi connectivity index (χ3v) is 1.99. The summed E-state index contributed by atoms with van der Waals surface area (Å²) in [5.74, 6) is 1.81. The molecular formula is C10H18N4O. The minimum atomic E-state index is -0.112. The van der Waals surface area contributed by atoms with Crippen molar-refractivity contribution in [1.29, 1.82) is 0 Å². The molecule has 1 aromatic heterocycles. The van der Waals surface area contributed by atoms with Crippen molar-refractivity contribution in [3.8, 4) is 0 Å². The molecule has 0 fully saturated rings. The van der Waals surface area contributed by atoms with Crippen molar-refractivity contribution >= 4 is 5.95 Å². The molecule has 0 aromatic carbocycles. The van der Waals surface area contributed by atoms with E-state index in [1.54, 1.807) is 6.92 Å². The molecule has 15 heavy (non-hydrogen) atoms. The van der Waals surface area contributed by atoms with Gasteiger partial charge in [-0.1, -0.05) is 13.8 Å². The molecule has 1 atom stereocenters. The summed E-state index contributed by atoms with van der Waals surface area (Å²) in [7, 11) is 0. The number of nitrogen functional groups attached to an aromatic ring is 1. The molecule has 0 saturated carbocycles. The fourth-order valence-corrected chi connectivity index (χ4v) is 1.40. The second kappa shape index (κ2) is 5.02. The number of nitrogens with zero attached hydrogens (tertiary/aromatic N) is 3. The fourth-order valence-electron chi connectivity index (χ4n) is 1.40. The van der Waals surface area contributed by atoms with E-state index in [4.69, 9.17) is 10.5 Å². The van der Waals surface area contributed by atoms with Gasteiger partial charge in [-0.05, 0) is 19.8 Å². The van der Waals surface area contributed by atoms with E-state index in [0.29, 0.717) is 24.2 Å². The van der Waals surface area contributed by atoms with Gasteiger partial charge in [0.1, 0.15) is 11.9 Å². The van der Waals surface area contributed by atoms with Gasteiger partial charge in [-0.25, -0.2) is 4.98 Å². The molecule has 84 valence electrons. The van der Waals surface area contributed by atoms with Crippen molar-refractivity contribution in [2.24, 2.45) is 5.92 Å². The standard InChI is InChI=1S/C10H18N4O/c1-5-15-8(6(2)3)9-12-7(4)13-10(11)14-9/h6,8H,5H2,1-4H3,(H2,11,12,13,14). The normalized spacial score (nSPS) is 13.1. The molecule has 0 spiro atoms. The minimum Gasteiger partial charge on any atom is -0.370 e. The van der Waals surface area contributed by atoms with Gasteiger partial charge >= 0.3 is 0 Å². The lowest BCUT2D eigenvalue weighted by Crippen LogP contribution is -2.16. The second-order valence-corrected chi connectivity index (χ2v) is 3.72. The maximum absolute atomic E-state index is 5.59. The van der Waals surface area contributed by atoms with Crippen LogP contribution in [0, 0.1) is 12.8 Å². The number of anilines is 1. The summed E-state index contributed by atoms with van der Waals surface area (Å²) in [6, 6.07) is 0. The smallest absolute Gasteiger partial charge is 0.223 e. The molecule has 0 amide bonds. The molecule has 1 aromatic rings. The summed E-state index contributed by atoms with van der Waals surface area (Å²) < 4.78 is 5.59. The zero-order chi connectivity index (χ0) is 11.4. The molecule has 1 heterocycles. The summed E-state index contributed by atoms with van der Waals surface area (Å²) in [5.41, 5.74) is 5.58. The van der Waals surface area contributed by atoms with E-state index in [-0.39, 0.29) is 12.1 Å². The molecule has 5 heteroatoms. The second-order valence-electron chi connectivity index (χ2n) is 3.72. The first-order valence-electron chi connectivity index (χ1n) is 5.14.